The van der Waals surface area contributed by atoms with Gasteiger partial charge in [0.05, 0.1) is 4.34 Å². The van der Waals surface area contributed by atoms with Crippen LogP contribution in [-0.2, 0) is 6.54 Å². The Hall–Kier alpha value is -0.350. The lowest BCUT2D eigenvalue weighted by molar-refractivity contribution is 1.08. The normalized spacial score (nSPS) is 10.8. The molecule has 0 spiro atoms. The van der Waals surface area contributed by atoms with Crippen molar-refractivity contribution in [2.24, 2.45) is 5.73 Å². The van der Waals surface area contributed by atoms with Crippen LogP contribution in [0.15, 0.2) is 28.7 Å². The summed E-state index contributed by atoms with van der Waals surface area (Å²) in [6.45, 7) is 2.56. The number of rotatable bonds is 2. The molecule has 4 heteroatoms. The first-order chi connectivity index (χ1) is 7.63. The summed E-state index contributed by atoms with van der Waals surface area (Å²) >= 11 is 11.2. The fourth-order valence-corrected chi connectivity index (χ4v) is 3.44. The molecule has 0 fully saturated rings. The standard InChI is InChI=1S/C12H11BrClNS/c1-7-11(10(6-15)12(14)16-7)8-2-4-9(13)5-3-8/h2-5H,6,15H2,1H3. The summed E-state index contributed by atoms with van der Waals surface area (Å²) < 4.78 is 1.88. The first-order valence-electron chi connectivity index (χ1n) is 4.87. The highest BCUT2D eigenvalue weighted by molar-refractivity contribution is 9.10. The zero-order valence-electron chi connectivity index (χ0n) is 8.76. The summed E-state index contributed by atoms with van der Waals surface area (Å²) in [6, 6.07) is 8.21. The van der Waals surface area contributed by atoms with E-state index >= 15 is 0 Å². The summed E-state index contributed by atoms with van der Waals surface area (Å²) in [7, 11) is 0. The second-order valence-corrected chi connectivity index (χ2v) is 6.24. The van der Waals surface area contributed by atoms with E-state index in [4.69, 9.17) is 17.3 Å². The van der Waals surface area contributed by atoms with Crippen LogP contribution in [0.2, 0.25) is 4.34 Å². The fourth-order valence-electron chi connectivity index (χ4n) is 1.73. The summed E-state index contributed by atoms with van der Waals surface area (Å²) in [5.41, 5.74) is 9.15. The van der Waals surface area contributed by atoms with Crippen molar-refractivity contribution in [2.75, 3.05) is 0 Å². The Kier molecular flexibility index (Phi) is 3.70. The van der Waals surface area contributed by atoms with Gasteiger partial charge in [0.2, 0.25) is 0 Å². The van der Waals surface area contributed by atoms with Crippen molar-refractivity contribution >= 4 is 38.9 Å². The molecular formula is C12H11BrClNS. The van der Waals surface area contributed by atoms with Crippen LogP contribution < -0.4 is 5.73 Å². The monoisotopic (exact) mass is 315 g/mol. The predicted octanol–water partition coefficient (Wildman–Crippen LogP) is 4.60. The van der Waals surface area contributed by atoms with Gasteiger partial charge in [0.25, 0.3) is 0 Å². The van der Waals surface area contributed by atoms with E-state index in [1.807, 2.05) is 12.1 Å². The molecule has 0 aliphatic rings. The third kappa shape index (κ3) is 2.18. The Morgan fingerprint density at radius 2 is 1.94 bits per heavy atom. The maximum Gasteiger partial charge on any atom is 0.0982 e. The topological polar surface area (TPSA) is 26.0 Å². The summed E-state index contributed by atoms with van der Waals surface area (Å²) in [5, 5.41) is 0. The van der Waals surface area contributed by atoms with E-state index in [0.29, 0.717) is 6.54 Å². The van der Waals surface area contributed by atoms with Crippen LogP contribution in [0.25, 0.3) is 11.1 Å². The van der Waals surface area contributed by atoms with E-state index in [9.17, 15) is 0 Å². The molecule has 2 aromatic rings. The molecule has 1 aromatic heterocycles. The second kappa shape index (κ2) is 4.88. The molecule has 0 atom stereocenters. The van der Waals surface area contributed by atoms with Crippen molar-refractivity contribution in [3.8, 4) is 11.1 Å². The van der Waals surface area contributed by atoms with Gasteiger partial charge < -0.3 is 5.73 Å². The van der Waals surface area contributed by atoms with E-state index in [1.165, 1.54) is 16.0 Å². The van der Waals surface area contributed by atoms with Crippen molar-refractivity contribution in [3.63, 3.8) is 0 Å². The van der Waals surface area contributed by atoms with Crippen LogP contribution in [0.5, 0.6) is 0 Å². The minimum atomic E-state index is 0.481. The smallest absolute Gasteiger partial charge is 0.0982 e. The zero-order valence-corrected chi connectivity index (χ0v) is 11.9. The van der Waals surface area contributed by atoms with Gasteiger partial charge >= 0.3 is 0 Å². The lowest BCUT2D eigenvalue weighted by Crippen LogP contribution is -1.97. The van der Waals surface area contributed by atoms with E-state index in [1.54, 1.807) is 11.3 Å². The lowest BCUT2D eigenvalue weighted by atomic mass is 10.0. The van der Waals surface area contributed by atoms with E-state index < -0.39 is 0 Å². The van der Waals surface area contributed by atoms with Gasteiger partial charge in [-0.05, 0) is 24.6 Å². The molecule has 1 aromatic carbocycles. The third-order valence-corrected chi connectivity index (χ3v) is 4.39. The van der Waals surface area contributed by atoms with Gasteiger partial charge in [-0.15, -0.1) is 11.3 Å². The maximum absolute atomic E-state index is 6.16. The molecule has 0 aliphatic heterocycles. The number of hydrogen-bond acceptors (Lipinski definition) is 2. The largest absolute Gasteiger partial charge is 0.326 e. The van der Waals surface area contributed by atoms with E-state index in [2.05, 4.69) is 35.0 Å². The van der Waals surface area contributed by atoms with Crippen LogP contribution in [-0.4, -0.2) is 0 Å². The van der Waals surface area contributed by atoms with Gasteiger partial charge in [0.1, 0.15) is 0 Å². The molecule has 2 N–H and O–H groups in total. The molecule has 0 bridgehead atoms. The van der Waals surface area contributed by atoms with Crippen molar-refractivity contribution in [1.82, 2.24) is 0 Å². The highest BCUT2D eigenvalue weighted by Crippen LogP contribution is 2.39. The Balaban J connectivity index is 2.59. The Morgan fingerprint density at radius 1 is 1.31 bits per heavy atom. The zero-order chi connectivity index (χ0) is 11.7. The molecule has 84 valence electrons. The molecule has 0 aliphatic carbocycles. The van der Waals surface area contributed by atoms with Gasteiger partial charge in [-0.3, -0.25) is 0 Å². The van der Waals surface area contributed by atoms with Crippen LogP contribution in [0, 0.1) is 6.92 Å². The second-order valence-electron chi connectivity index (χ2n) is 3.50. The summed E-state index contributed by atoms with van der Waals surface area (Å²) in [4.78, 5) is 1.22. The quantitative estimate of drug-likeness (QED) is 0.861. The van der Waals surface area contributed by atoms with Gasteiger partial charge in [0.15, 0.2) is 0 Å². The fraction of sp³-hybridized carbons (Fsp3) is 0.167. The van der Waals surface area contributed by atoms with Crippen LogP contribution in [0.4, 0.5) is 0 Å². The third-order valence-electron chi connectivity index (χ3n) is 2.47. The molecule has 1 heterocycles. The maximum atomic E-state index is 6.16. The average molecular weight is 317 g/mol. The highest BCUT2D eigenvalue weighted by Gasteiger charge is 2.14. The molecule has 0 saturated carbocycles. The number of halogens is 2. The van der Waals surface area contributed by atoms with Gasteiger partial charge in [-0.2, -0.15) is 0 Å². The highest BCUT2D eigenvalue weighted by atomic mass is 79.9. The number of hydrogen-bond donors (Lipinski definition) is 1. The van der Waals surface area contributed by atoms with Gasteiger partial charge in [-0.25, -0.2) is 0 Å². The Bertz CT molecular complexity index is 504. The molecule has 0 radical (unpaired) electrons. The van der Waals surface area contributed by atoms with Crippen LogP contribution in [0.3, 0.4) is 0 Å². The van der Waals surface area contributed by atoms with Crippen molar-refractivity contribution < 1.29 is 0 Å². The van der Waals surface area contributed by atoms with Crippen molar-refractivity contribution in [1.29, 1.82) is 0 Å². The number of nitrogens with two attached hydrogens (primary N) is 1. The molecule has 0 amide bonds. The van der Waals surface area contributed by atoms with E-state index in [-0.39, 0.29) is 0 Å². The Labute approximate surface area is 112 Å². The molecule has 0 saturated heterocycles. The number of thiophene rings is 1. The minimum Gasteiger partial charge on any atom is -0.326 e. The lowest BCUT2D eigenvalue weighted by Gasteiger charge is -2.04. The summed E-state index contributed by atoms with van der Waals surface area (Å²) in [5.74, 6) is 0. The number of benzene rings is 1. The first kappa shape index (κ1) is 12.1. The molecule has 2 rings (SSSR count). The predicted molar refractivity (Wildman–Crippen MR) is 75.1 cm³/mol. The molecule has 1 nitrogen and oxygen atoms in total. The van der Waals surface area contributed by atoms with Crippen molar-refractivity contribution in [2.45, 2.75) is 13.5 Å². The molecule has 0 unspecified atom stereocenters. The van der Waals surface area contributed by atoms with E-state index in [0.717, 1.165) is 14.4 Å². The SMILES string of the molecule is Cc1sc(Cl)c(CN)c1-c1ccc(Br)cc1. The van der Waals surface area contributed by atoms with Crippen molar-refractivity contribution in [3.05, 3.63) is 43.5 Å². The van der Waals surface area contributed by atoms with Gasteiger partial charge in [0, 0.05) is 27.0 Å². The van der Waals surface area contributed by atoms with Gasteiger partial charge in [-0.1, -0.05) is 39.7 Å². The number of aryl methyl sites for hydroxylation is 1. The minimum absolute atomic E-state index is 0.481. The Morgan fingerprint density at radius 3 is 2.50 bits per heavy atom. The summed E-state index contributed by atoms with van der Waals surface area (Å²) in [6.07, 6.45) is 0. The molecular weight excluding hydrogens is 306 g/mol. The van der Waals surface area contributed by atoms with Crippen LogP contribution >= 0.6 is 38.9 Å². The molecule has 16 heavy (non-hydrogen) atoms. The first-order valence-corrected chi connectivity index (χ1v) is 6.86. The van der Waals surface area contributed by atoms with Crippen LogP contribution in [0.1, 0.15) is 10.4 Å². The average Bonchev–Trinajstić information content (AvgIpc) is 2.54.